The first-order chi connectivity index (χ1) is 15.7. The van der Waals surface area contributed by atoms with Gasteiger partial charge in [-0.25, -0.2) is 4.98 Å². The van der Waals surface area contributed by atoms with Crippen molar-refractivity contribution < 1.29 is 9.47 Å². The van der Waals surface area contributed by atoms with E-state index < -0.39 is 0 Å². The van der Waals surface area contributed by atoms with E-state index in [2.05, 4.69) is 11.1 Å². The maximum atomic E-state index is 9.70. The molecule has 1 aromatic heterocycles. The van der Waals surface area contributed by atoms with Gasteiger partial charge in [0.15, 0.2) is 11.5 Å². The molecule has 32 heavy (non-hydrogen) atoms. The van der Waals surface area contributed by atoms with Crippen LogP contribution in [0.2, 0.25) is 5.02 Å². The predicted octanol–water partition coefficient (Wildman–Crippen LogP) is 6.27. The molecule has 160 valence electrons. The molecule has 0 saturated heterocycles. The molecule has 0 radical (unpaired) electrons. The first-order valence-electron chi connectivity index (χ1n) is 10.3. The van der Waals surface area contributed by atoms with Gasteiger partial charge in [0.1, 0.15) is 6.61 Å². The molecule has 0 atom stereocenters. The molecule has 0 aliphatic carbocycles. The molecule has 1 heterocycles. The van der Waals surface area contributed by atoms with Crippen molar-refractivity contribution in [2.75, 3.05) is 6.61 Å². The zero-order valence-corrected chi connectivity index (χ0v) is 18.4. The second-order valence-corrected chi connectivity index (χ2v) is 7.57. The number of hydrogen-bond acceptors (Lipinski definition) is 4. The third-order valence-corrected chi connectivity index (χ3v) is 5.33. The lowest BCUT2D eigenvalue weighted by molar-refractivity contribution is 0.269. The quantitative estimate of drug-likeness (QED) is 0.301. The van der Waals surface area contributed by atoms with Crippen LogP contribution in [-0.2, 0) is 13.2 Å². The molecule has 4 rings (SSSR count). The number of fused-ring (bicyclic) bond motifs is 1. The fourth-order valence-corrected chi connectivity index (χ4v) is 3.60. The minimum atomic E-state index is 0.339. The Morgan fingerprint density at radius 2 is 1.88 bits per heavy atom. The van der Waals surface area contributed by atoms with Crippen LogP contribution >= 0.6 is 11.6 Å². The van der Waals surface area contributed by atoms with Crippen molar-refractivity contribution in [1.82, 2.24) is 9.55 Å². The van der Waals surface area contributed by atoms with Crippen molar-refractivity contribution in [3.63, 3.8) is 0 Å². The van der Waals surface area contributed by atoms with Gasteiger partial charge in [0, 0.05) is 16.2 Å². The summed E-state index contributed by atoms with van der Waals surface area (Å²) in [5.41, 5.74) is 4.27. The molecular formula is C26H22ClN3O2. The number of benzene rings is 3. The van der Waals surface area contributed by atoms with E-state index in [1.807, 2.05) is 84.3 Å². The summed E-state index contributed by atoms with van der Waals surface area (Å²) in [5, 5.41) is 10.4. The third kappa shape index (κ3) is 4.93. The highest BCUT2D eigenvalue weighted by molar-refractivity contribution is 6.31. The lowest BCUT2D eigenvalue weighted by atomic mass is 10.1. The summed E-state index contributed by atoms with van der Waals surface area (Å²) < 4.78 is 13.7. The Morgan fingerprint density at radius 1 is 1.06 bits per heavy atom. The van der Waals surface area contributed by atoms with Crippen molar-refractivity contribution in [2.45, 2.75) is 20.1 Å². The minimum absolute atomic E-state index is 0.339. The van der Waals surface area contributed by atoms with E-state index in [4.69, 9.17) is 21.1 Å². The summed E-state index contributed by atoms with van der Waals surface area (Å²) in [6.45, 7) is 3.20. The van der Waals surface area contributed by atoms with Crippen LogP contribution in [-0.4, -0.2) is 16.2 Å². The molecule has 0 fully saturated rings. The maximum absolute atomic E-state index is 9.70. The number of para-hydroxylation sites is 2. The van der Waals surface area contributed by atoms with Gasteiger partial charge in [-0.05, 0) is 48.9 Å². The number of halogens is 1. The zero-order chi connectivity index (χ0) is 22.3. The van der Waals surface area contributed by atoms with E-state index >= 15 is 0 Å². The number of aromatic nitrogens is 2. The number of rotatable bonds is 8. The molecule has 6 heteroatoms. The zero-order valence-electron chi connectivity index (χ0n) is 17.7. The average molecular weight is 444 g/mol. The molecule has 0 spiro atoms. The monoisotopic (exact) mass is 443 g/mol. The van der Waals surface area contributed by atoms with Crippen molar-refractivity contribution >= 4 is 28.7 Å². The molecule has 0 N–H and O–H groups in total. The van der Waals surface area contributed by atoms with Gasteiger partial charge in [-0.15, -0.1) is 0 Å². The molecule has 0 aliphatic heterocycles. The molecule has 0 aliphatic rings. The van der Waals surface area contributed by atoms with Crippen LogP contribution in [0.3, 0.4) is 0 Å². The maximum Gasteiger partial charge on any atom is 0.161 e. The van der Waals surface area contributed by atoms with Crippen LogP contribution in [0.25, 0.3) is 17.1 Å². The number of nitrogens with zero attached hydrogens (tertiary/aromatic N) is 3. The van der Waals surface area contributed by atoms with E-state index in [0.29, 0.717) is 41.9 Å². The molecule has 0 bridgehead atoms. The van der Waals surface area contributed by atoms with Gasteiger partial charge in [-0.2, -0.15) is 5.26 Å². The Morgan fingerprint density at radius 3 is 2.69 bits per heavy atom. The van der Waals surface area contributed by atoms with Crippen molar-refractivity contribution in [3.8, 4) is 17.6 Å². The van der Waals surface area contributed by atoms with Crippen LogP contribution in [0, 0.1) is 11.3 Å². The Kier molecular flexibility index (Phi) is 6.74. The summed E-state index contributed by atoms with van der Waals surface area (Å²) in [6.07, 6.45) is 3.61. The molecule has 3 aromatic carbocycles. The van der Waals surface area contributed by atoms with Crippen LogP contribution in [0.4, 0.5) is 0 Å². The van der Waals surface area contributed by atoms with Crippen LogP contribution in [0.5, 0.6) is 11.5 Å². The lowest BCUT2D eigenvalue weighted by Crippen LogP contribution is -2.01. The fraction of sp³-hybridized carbons (Fsp3) is 0.154. The molecule has 0 amide bonds. The van der Waals surface area contributed by atoms with E-state index in [1.54, 1.807) is 6.33 Å². The molecule has 0 unspecified atom stereocenters. The Bertz CT molecular complexity index is 1300. The van der Waals surface area contributed by atoms with Crippen molar-refractivity contribution in [3.05, 3.63) is 94.8 Å². The smallest absolute Gasteiger partial charge is 0.161 e. The summed E-state index contributed by atoms with van der Waals surface area (Å²) >= 11 is 6.23. The van der Waals surface area contributed by atoms with Crippen LogP contribution in [0.1, 0.15) is 18.1 Å². The average Bonchev–Trinajstić information content (AvgIpc) is 3.22. The van der Waals surface area contributed by atoms with E-state index in [1.165, 1.54) is 0 Å². The van der Waals surface area contributed by atoms with Gasteiger partial charge >= 0.3 is 0 Å². The molecule has 5 nitrogen and oxygen atoms in total. The molecule has 0 saturated carbocycles. The largest absolute Gasteiger partial charge is 0.490 e. The van der Waals surface area contributed by atoms with Gasteiger partial charge in [-0.3, -0.25) is 0 Å². The first kappa shape index (κ1) is 21.5. The summed E-state index contributed by atoms with van der Waals surface area (Å²) in [5.74, 6) is 1.25. The van der Waals surface area contributed by atoms with Gasteiger partial charge in [-0.1, -0.05) is 48.0 Å². The Labute approximate surface area is 192 Å². The topological polar surface area (TPSA) is 60.1 Å². The van der Waals surface area contributed by atoms with E-state index in [9.17, 15) is 5.26 Å². The third-order valence-electron chi connectivity index (χ3n) is 4.96. The summed E-state index contributed by atoms with van der Waals surface area (Å²) in [4.78, 5) is 4.40. The Hall–Kier alpha value is -3.75. The van der Waals surface area contributed by atoms with Gasteiger partial charge in [0.25, 0.3) is 0 Å². The Balaban J connectivity index is 1.55. The van der Waals surface area contributed by atoms with Crippen LogP contribution < -0.4 is 9.47 Å². The highest BCUT2D eigenvalue weighted by Crippen LogP contribution is 2.31. The fourth-order valence-electron chi connectivity index (χ4n) is 3.41. The van der Waals surface area contributed by atoms with Gasteiger partial charge in [0.05, 0.1) is 36.6 Å². The number of allylic oxidation sites excluding steroid dienone is 1. The SMILES string of the molecule is CCOc1cc(/C=C(/C#N)Cn2cnc3ccccc32)ccc1OCc1ccccc1Cl. The second-order valence-electron chi connectivity index (χ2n) is 7.16. The van der Waals surface area contributed by atoms with Gasteiger partial charge < -0.3 is 14.0 Å². The van der Waals surface area contributed by atoms with Crippen molar-refractivity contribution in [1.29, 1.82) is 5.26 Å². The number of imidazole rings is 1. The molecular weight excluding hydrogens is 422 g/mol. The molecule has 4 aromatic rings. The summed E-state index contributed by atoms with van der Waals surface area (Å²) in [6, 6.07) is 23.4. The van der Waals surface area contributed by atoms with Crippen LogP contribution in [0.15, 0.2) is 78.6 Å². The van der Waals surface area contributed by atoms with Gasteiger partial charge in [0.2, 0.25) is 0 Å². The predicted molar refractivity (Wildman–Crippen MR) is 127 cm³/mol. The minimum Gasteiger partial charge on any atom is -0.490 e. The number of hydrogen-bond donors (Lipinski definition) is 0. The normalized spacial score (nSPS) is 11.3. The standard InChI is InChI=1S/C26H22ClN3O2/c1-2-31-26-14-19(11-12-25(26)32-17-21-7-3-4-8-22(21)27)13-20(15-28)16-30-18-29-23-9-5-6-10-24(23)30/h3-14,18H,2,16-17H2,1H3/b20-13-. The number of nitriles is 1. The van der Waals surface area contributed by atoms with Crippen molar-refractivity contribution in [2.24, 2.45) is 0 Å². The summed E-state index contributed by atoms with van der Waals surface area (Å²) in [7, 11) is 0. The highest BCUT2D eigenvalue weighted by atomic mass is 35.5. The van der Waals surface area contributed by atoms with E-state index in [0.717, 1.165) is 22.2 Å². The van der Waals surface area contributed by atoms with E-state index in [-0.39, 0.29) is 0 Å². The number of ether oxygens (including phenoxy) is 2. The second kappa shape index (κ2) is 10.0. The lowest BCUT2D eigenvalue weighted by Gasteiger charge is -2.13. The first-order valence-corrected chi connectivity index (χ1v) is 10.7. The highest BCUT2D eigenvalue weighted by Gasteiger charge is 2.09.